The van der Waals surface area contributed by atoms with Crippen LogP contribution < -0.4 is 25.0 Å². The molecule has 216 valence electrons. The van der Waals surface area contributed by atoms with Gasteiger partial charge >= 0.3 is 12.1 Å². The number of rotatable bonds is 10. The number of nitrogens with zero attached hydrogens (tertiary/aromatic N) is 3. The molecule has 2 N–H and O–H groups in total. The molecular formula is C28H34F3N5O4. The summed E-state index contributed by atoms with van der Waals surface area (Å²) < 4.78 is 60.2. The summed E-state index contributed by atoms with van der Waals surface area (Å²) in [7, 11) is 5.20. The number of ether oxygens (including phenoxy) is 3. The van der Waals surface area contributed by atoms with Gasteiger partial charge in [0.25, 0.3) is 0 Å². The zero-order valence-electron chi connectivity index (χ0n) is 23.0. The van der Waals surface area contributed by atoms with E-state index in [-0.39, 0.29) is 35.7 Å². The Morgan fingerprint density at radius 2 is 1.90 bits per heavy atom. The molecule has 0 amide bonds. The quantitative estimate of drug-likeness (QED) is 0.347. The van der Waals surface area contributed by atoms with Crippen LogP contribution in [0.1, 0.15) is 22.8 Å². The second kappa shape index (κ2) is 12.6. The molecule has 2 heterocycles. The second-order valence-corrected chi connectivity index (χ2v) is 9.51. The summed E-state index contributed by atoms with van der Waals surface area (Å²) in [6.45, 7) is 5.58. The number of pyridine rings is 1. The van der Waals surface area contributed by atoms with E-state index in [1.807, 2.05) is 25.1 Å². The van der Waals surface area contributed by atoms with Gasteiger partial charge in [-0.05, 0) is 51.4 Å². The molecule has 12 heteroatoms. The molecule has 4 rings (SSSR count). The summed E-state index contributed by atoms with van der Waals surface area (Å²) in [4.78, 5) is 21.5. The van der Waals surface area contributed by atoms with Gasteiger partial charge in [-0.1, -0.05) is 0 Å². The molecule has 0 bridgehead atoms. The largest absolute Gasteiger partial charge is 0.494 e. The fourth-order valence-corrected chi connectivity index (χ4v) is 4.50. The molecular weight excluding hydrogens is 527 g/mol. The van der Waals surface area contributed by atoms with Crippen molar-refractivity contribution in [2.24, 2.45) is 0 Å². The van der Waals surface area contributed by atoms with Crippen molar-refractivity contribution in [1.82, 2.24) is 15.2 Å². The van der Waals surface area contributed by atoms with Crippen LogP contribution in [0.5, 0.6) is 11.5 Å². The van der Waals surface area contributed by atoms with E-state index in [1.165, 1.54) is 26.2 Å². The van der Waals surface area contributed by atoms with Gasteiger partial charge in [0.1, 0.15) is 29.5 Å². The monoisotopic (exact) mass is 561 g/mol. The molecule has 0 radical (unpaired) electrons. The van der Waals surface area contributed by atoms with Crippen LogP contribution >= 0.6 is 0 Å². The average molecular weight is 562 g/mol. The lowest BCUT2D eigenvalue weighted by Crippen LogP contribution is -2.43. The molecule has 0 saturated carbocycles. The van der Waals surface area contributed by atoms with Crippen molar-refractivity contribution in [2.75, 3.05) is 77.4 Å². The molecule has 1 fully saturated rings. The van der Waals surface area contributed by atoms with E-state index >= 15 is 0 Å². The number of hydrogen-bond donors (Lipinski definition) is 2. The Balaban J connectivity index is 1.82. The van der Waals surface area contributed by atoms with Crippen LogP contribution in [0.3, 0.4) is 0 Å². The third-order valence-corrected chi connectivity index (χ3v) is 6.45. The number of methoxy groups -OCH3 is 1. The van der Waals surface area contributed by atoms with E-state index in [4.69, 9.17) is 14.2 Å². The summed E-state index contributed by atoms with van der Waals surface area (Å²) in [5, 5.41) is 5.96. The zero-order chi connectivity index (χ0) is 28.9. The Bertz CT molecular complexity index is 1340. The molecule has 1 aliphatic heterocycles. The first kappa shape index (κ1) is 29.2. The summed E-state index contributed by atoms with van der Waals surface area (Å²) in [5.41, 5.74) is -0.540. The number of esters is 1. The van der Waals surface area contributed by atoms with Gasteiger partial charge in [-0.25, -0.2) is 9.78 Å². The van der Waals surface area contributed by atoms with Crippen LogP contribution in [-0.4, -0.2) is 83.0 Å². The first-order chi connectivity index (χ1) is 19.1. The van der Waals surface area contributed by atoms with E-state index in [0.717, 1.165) is 31.9 Å². The van der Waals surface area contributed by atoms with Crippen LogP contribution in [0.4, 0.5) is 30.4 Å². The average Bonchev–Trinajstić information content (AvgIpc) is 2.92. The van der Waals surface area contributed by atoms with Crippen LogP contribution in [0, 0.1) is 0 Å². The SMILES string of the molecule is CCOC(=O)c1c(Nc2ccc(N3CCNCC3)cc2OC)nc2ccc(OCCN(C)C)cc2c1C(F)(F)F. The lowest BCUT2D eigenvalue weighted by molar-refractivity contribution is -0.136. The van der Waals surface area contributed by atoms with E-state index in [0.29, 0.717) is 18.0 Å². The van der Waals surface area contributed by atoms with Gasteiger partial charge in [-0.3, -0.25) is 0 Å². The number of anilines is 3. The smallest absolute Gasteiger partial charge is 0.418 e. The molecule has 0 spiro atoms. The Morgan fingerprint density at radius 3 is 2.55 bits per heavy atom. The van der Waals surface area contributed by atoms with Crippen molar-refractivity contribution >= 4 is 34.1 Å². The number of aromatic nitrogens is 1. The topological polar surface area (TPSA) is 88.2 Å². The van der Waals surface area contributed by atoms with E-state index < -0.39 is 23.3 Å². The van der Waals surface area contributed by atoms with Gasteiger partial charge in [-0.15, -0.1) is 0 Å². The van der Waals surface area contributed by atoms with Crippen molar-refractivity contribution in [3.63, 3.8) is 0 Å². The van der Waals surface area contributed by atoms with Crippen molar-refractivity contribution in [3.8, 4) is 11.5 Å². The molecule has 40 heavy (non-hydrogen) atoms. The van der Waals surface area contributed by atoms with Crippen molar-refractivity contribution in [3.05, 3.63) is 47.5 Å². The first-order valence-electron chi connectivity index (χ1n) is 13.0. The summed E-state index contributed by atoms with van der Waals surface area (Å²) in [6.07, 6.45) is -4.89. The number of piperazine rings is 1. The fraction of sp³-hybridized carbons (Fsp3) is 0.429. The third kappa shape index (κ3) is 6.68. The van der Waals surface area contributed by atoms with Gasteiger partial charge < -0.3 is 34.6 Å². The number of nitrogens with one attached hydrogen (secondary N) is 2. The standard InChI is InChI=1S/C28H34F3N5O4/c1-5-39-27(37)24-25(28(29,30)31)20-17-19(40-15-14-35(2)3)7-9-21(20)33-26(24)34-22-8-6-18(16-23(22)38-4)36-12-10-32-11-13-36/h6-9,16-17,32H,5,10-15H2,1-4H3,(H,33,34). The maximum absolute atomic E-state index is 14.6. The minimum Gasteiger partial charge on any atom is -0.494 e. The predicted molar refractivity (Wildman–Crippen MR) is 148 cm³/mol. The highest BCUT2D eigenvalue weighted by atomic mass is 19.4. The fourth-order valence-electron chi connectivity index (χ4n) is 4.50. The summed E-state index contributed by atoms with van der Waals surface area (Å²) in [6, 6.07) is 9.62. The number of alkyl halides is 3. The highest BCUT2D eigenvalue weighted by Crippen LogP contribution is 2.42. The minimum absolute atomic E-state index is 0.0410. The van der Waals surface area contributed by atoms with E-state index in [9.17, 15) is 18.0 Å². The van der Waals surface area contributed by atoms with Crippen molar-refractivity contribution in [1.29, 1.82) is 0 Å². The lowest BCUT2D eigenvalue weighted by atomic mass is 10.0. The highest BCUT2D eigenvalue weighted by Gasteiger charge is 2.40. The van der Waals surface area contributed by atoms with Gasteiger partial charge in [0.2, 0.25) is 0 Å². The second-order valence-electron chi connectivity index (χ2n) is 9.51. The molecule has 0 unspecified atom stereocenters. The van der Waals surface area contributed by atoms with E-state index in [2.05, 4.69) is 20.5 Å². The van der Waals surface area contributed by atoms with Gasteiger partial charge in [0.15, 0.2) is 0 Å². The number of carbonyl (C=O) groups excluding carboxylic acids is 1. The maximum atomic E-state index is 14.6. The number of hydrogen-bond acceptors (Lipinski definition) is 9. The molecule has 9 nitrogen and oxygen atoms in total. The normalized spacial score (nSPS) is 13.9. The Hall–Kier alpha value is -3.77. The van der Waals surface area contributed by atoms with Crippen LogP contribution in [0.2, 0.25) is 0 Å². The predicted octanol–water partition coefficient (Wildman–Crippen LogP) is 4.53. The maximum Gasteiger partial charge on any atom is 0.418 e. The minimum atomic E-state index is -4.89. The Morgan fingerprint density at radius 1 is 1.15 bits per heavy atom. The van der Waals surface area contributed by atoms with Gasteiger partial charge in [0, 0.05) is 49.9 Å². The molecule has 1 aliphatic rings. The van der Waals surface area contributed by atoms with Gasteiger partial charge in [0.05, 0.1) is 30.5 Å². The summed E-state index contributed by atoms with van der Waals surface area (Å²) in [5.74, 6) is -0.789. The lowest BCUT2D eigenvalue weighted by Gasteiger charge is -2.30. The zero-order valence-corrected chi connectivity index (χ0v) is 23.0. The third-order valence-electron chi connectivity index (χ3n) is 6.45. The Kier molecular flexibility index (Phi) is 9.21. The highest BCUT2D eigenvalue weighted by molar-refractivity contribution is 6.03. The van der Waals surface area contributed by atoms with Crippen LogP contribution in [-0.2, 0) is 10.9 Å². The number of halogens is 3. The molecule has 2 aromatic carbocycles. The van der Waals surface area contributed by atoms with Crippen molar-refractivity contribution < 1.29 is 32.2 Å². The van der Waals surface area contributed by atoms with Crippen molar-refractivity contribution in [2.45, 2.75) is 13.1 Å². The number of benzene rings is 2. The summed E-state index contributed by atoms with van der Waals surface area (Å²) >= 11 is 0. The molecule has 1 saturated heterocycles. The number of carbonyl (C=O) groups is 1. The van der Waals surface area contributed by atoms with E-state index in [1.54, 1.807) is 18.2 Å². The first-order valence-corrected chi connectivity index (χ1v) is 13.0. The van der Waals surface area contributed by atoms with Gasteiger partial charge in [-0.2, -0.15) is 13.2 Å². The number of fused-ring (bicyclic) bond motifs is 1. The molecule has 1 aromatic heterocycles. The molecule has 0 atom stereocenters. The van der Waals surface area contributed by atoms with Crippen LogP contribution in [0.15, 0.2) is 36.4 Å². The van der Waals surface area contributed by atoms with Crippen LogP contribution in [0.25, 0.3) is 10.9 Å². The molecule has 3 aromatic rings. The Labute approximate surface area is 231 Å². The number of likely N-dealkylation sites (N-methyl/N-ethyl adjacent to an activating group) is 1. The molecule has 0 aliphatic carbocycles.